The number of azide groups is 1. The molecule has 0 spiro atoms. The Morgan fingerprint density at radius 2 is 2.31 bits per heavy atom. The molecule has 0 saturated carbocycles. The van der Waals surface area contributed by atoms with Gasteiger partial charge in [0.05, 0.1) is 6.10 Å². The molecule has 0 heterocycles. The first-order chi connectivity index (χ1) is 5.99. The number of hydrogen-bond donors (Lipinski definition) is 1. The monoisotopic (exact) mass is 273 g/mol. The Labute approximate surface area is 83.8 Å². The minimum Gasteiger partial charge on any atom is -0.264 e. The molecule has 0 fully saturated rings. The van der Waals surface area contributed by atoms with Gasteiger partial charge in [-0.25, -0.2) is 4.18 Å². The zero-order chi connectivity index (χ0) is 10.3. The van der Waals surface area contributed by atoms with E-state index in [2.05, 4.69) is 30.1 Å². The number of hydrogen-bond acceptors (Lipinski definition) is 4. The lowest BCUT2D eigenvalue weighted by molar-refractivity contribution is 0.196. The Morgan fingerprint density at radius 1 is 1.69 bits per heavy atom. The van der Waals surface area contributed by atoms with E-state index in [-0.39, 0.29) is 18.3 Å². The van der Waals surface area contributed by atoms with Crippen LogP contribution in [-0.4, -0.2) is 30.9 Å². The van der Waals surface area contributed by atoms with Crippen LogP contribution in [0, 0.1) is 0 Å². The van der Waals surface area contributed by atoms with Crippen LogP contribution >= 0.6 is 15.9 Å². The van der Waals surface area contributed by atoms with Crippen LogP contribution in [-0.2, 0) is 14.6 Å². The minimum atomic E-state index is -4.44. The SMILES string of the molecule is [N-]=[N+]=NCCC(CBr)OS(=O)(=O)O. The van der Waals surface area contributed by atoms with Crippen LogP contribution in [0.2, 0.25) is 0 Å². The summed E-state index contributed by atoms with van der Waals surface area (Å²) in [7, 11) is -4.44. The summed E-state index contributed by atoms with van der Waals surface area (Å²) in [5.41, 5.74) is 7.92. The first kappa shape index (κ1) is 12.7. The molecule has 7 nitrogen and oxygen atoms in total. The van der Waals surface area contributed by atoms with Crippen LogP contribution in [0.25, 0.3) is 10.4 Å². The summed E-state index contributed by atoms with van der Waals surface area (Å²) >= 11 is 2.99. The van der Waals surface area contributed by atoms with Gasteiger partial charge in [0.2, 0.25) is 0 Å². The average molecular weight is 274 g/mol. The van der Waals surface area contributed by atoms with Gasteiger partial charge in [-0.15, -0.1) is 0 Å². The predicted octanol–water partition coefficient (Wildman–Crippen LogP) is 1.27. The highest BCUT2D eigenvalue weighted by Crippen LogP contribution is 2.06. The smallest absolute Gasteiger partial charge is 0.264 e. The van der Waals surface area contributed by atoms with E-state index in [0.29, 0.717) is 0 Å². The summed E-state index contributed by atoms with van der Waals surface area (Å²) in [6.07, 6.45) is -0.504. The molecule has 0 amide bonds. The van der Waals surface area contributed by atoms with Crippen molar-refractivity contribution in [2.45, 2.75) is 12.5 Å². The minimum absolute atomic E-state index is 0.113. The molecule has 0 saturated heterocycles. The second-order valence-electron chi connectivity index (χ2n) is 2.04. The van der Waals surface area contributed by atoms with Crippen molar-refractivity contribution >= 4 is 26.3 Å². The zero-order valence-corrected chi connectivity index (χ0v) is 8.90. The van der Waals surface area contributed by atoms with E-state index in [1.165, 1.54) is 0 Å². The van der Waals surface area contributed by atoms with Crippen molar-refractivity contribution in [1.82, 2.24) is 0 Å². The molecule has 0 rings (SSSR count). The molecule has 9 heteroatoms. The van der Waals surface area contributed by atoms with Gasteiger partial charge in [-0.05, 0) is 12.0 Å². The number of alkyl halides is 1. The molecule has 0 bridgehead atoms. The average Bonchev–Trinajstić information content (AvgIpc) is 2.01. The summed E-state index contributed by atoms with van der Waals surface area (Å²) in [6.45, 7) is 0.113. The van der Waals surface area contributed by atoms with Crippen LogP contribution in [0.15, 0.2) is 5.11 Å². The van der Waals surface area contributed by atoms with Gasteiger partial charge in [-0.2, -0.15) is 8.42 Å². The molecule has 0 aromatic carbocycles. The van der Waals surface area contributed by atoms with Gasteiger partial charge in [0.25, 0.3) is 0 Å². The first-order valence-electron chi connectivity index (χ1n) is 3.22. The molecule has 1 atom stereocenters. The van der Waals surface area contributed by atoms with Crippen LogP contribution in [0.4, 0.5) is 0 Å². The lowest BCUT2D eigenvalue weighted by Crippen LogP contribution is -2.20. The quantitative estimate of drug-likeness (QED) is 0.258. The summed E-state index contributed by atoms with van der Waals surface area (Å²) < 4.78 is 33.0. The van der Waals surface area contributed by atoms with Crippen molar-refractivity contribution in [2.24, 2.45) is 5.11 Å². The Morgan fingerprint density at radius 3 is 2.69 bits per heavy atom. The third-order valence-electron chi connectivity index (χ3n) is 1.04. The van der Waals surface area contributed by atoms with Crippen molar-refractivity contribution < 1.29 is 17.2 Å². The van der Waals surface area contributed by atoms with Gasteiger partial charge in [-0.3, -0.25) is 4.55 Å². The maximum absolute atomic E-state index is 10.2. The lowest BCUT2D eigenvalue weighted by Gasteiger charge is -2.09. The molecule has 1 unspecified atom stereocenters. The number of nitrogens with zero attached hydrogens (tertiary/aromatic N) is 3. The Hall–Kier alpha value is -0.340. The van der Waals surface area contributed by atoms with E-state index < -0.39 is 16.5 Å². The fourth-order valence-corrected chi connectivity index (χ4v) is 1.71. The molecule has 0 aliphatic rings. The maximum atomic E-state index is 10.2. The zero-order valence-electron chi connectivity index (χ0n) is 6.50. The molecule has 76 valence electrons. The molecule has 0 radical (unpaired) electrons. The molecular formula is C4H8BrN3O4S. The molecular weight excluding hydrogens is 266 g/mol. The summed E-state index contributed by atoms with van der Waals surface area (Å²) in [6, 6.07) is 0. The van der Waals surface area contributed by atoms with Crippen molar-refractivity contribution in [1.29, 1.82) is 0 Å². The lowest BCUT2D eigenvalue weighted by atomic mass is 10.3. The molecule has 1 N–H and O–H groups in total. The van der Waals surface area contributed by atoms with Gasteiger partial charge in [0, 0.05) is 16.8 Å². The van der Waals surface area contributed by atoms with Crippen molar-refractivity contribution in [2.75, 3.05) is 11.9 Å². The predicted molar refractivity (Wildman–Crippen MR) is 48.8 cm³/mol. The highest BCUT2D eigenvalue weighted by Gasteiger charge is 2.14. The largest absolute Gasteiger partial charge is 0.397 e. The highest BCUT2D eigenvalue weighted by molar-refractivity contribution is 9.09. The van der Waals surface area contributed by atoms with E-state index in [1.807, 2.05) is 0 Å². The second kappa shape index (κ2) is 6.17. The van der Waals surface area contributed by atoms with Gasteiger partial charge >= 0.3 is 10.4 Å². The van der Waals surface area contributed by atoms with Crippen LogP contribution < -0.4 is 0 Å². The van der Waals surface area contributed by atoms with Gasteiger partial charge in [-0.1, -0.05) is 21.0 Å². The molecule has 0 aromatic rings. The van der Waals surface area contributed by atoms with E-state index >= 15 is 0 Å². The fourth-order valence-electron chi connectivity index (χ4n) is 0.569. The van der Waals surface area contributed by atoms with Gasteiger partial charge in [0.1, 0.15) is 0 Å². The maximum Gasteiger partial charge on any atom is 0.397 e. The van der Waals surface area contributed by atoms with Crippen molar-refractivity contribution in [3.8, 4) is 0 Å². The van der Waals surface area contributed by atoms with E-state index in [1.54, 1.807) is 0 Å². The summed E-state index contributed by atoms with van der Waals surface area (Å²) in [4.78, 5) is 2.48. The second-order valence-corrected chi connectivity index (χ2v) is 3.74. The number of halogens is 1. The van der Waals surface area contributed by atoms with Crippen LogP contribution in [0.5, 0.6) is 0 Å². The Balaban J connectivity index is 3.97. The van der Waals surface area contributed by atoms with Gasteiger partial charge in [0.15, 0.2) is 0 Å². The van der Waals surface area contributed by atoms with Crippen molar-refractivity contribution in [3.63, 3.8) is 0 Å². The highest BCUT2D eigenvalue weighted by atomic mass is 79.9. The van der Waals surface area contributed by atoms with E-state index in [4.69, 9.17) is 10.1 Å². The van der Waals surface area contributed by atoms with E-state index in [9.17, 15) is 8.42 Å². The molecule has 0 aliphatic carbocycles. The summed E-state index contributed by atoms with van der Waals surface area (Å²) in [5, 5.41) is 3.42. The number of rotatable bonds is 6. The van der Waals surface area contributed by atoms with Crippen LogP contribution in [0.1, 0.15) is 6.42 Å². The van der Waals surface area contributed by atoms with Crippen LogP contribution in [0.3, 0.4) is 0 Å². The fraction of sp³-hybridized carbons (Fsp3) is 1.00. The standard InChI is InChI=1S/C4H8BrN3O4S/c5-3-4(1-2-7-8-6)12-13(9,10)11/h4H,1-3H2,(H,9,10,11). The van der Waals surface area contributed by atoms with Gasteiger partial charge < -0.3 is 0 Å². The normalized spacial score (nSPS) is 13.4. The third kappa shape index (κ3) is 8.00. The Bertz CT molecular complexity index is 286. The van der Waals surface area contributed by atoms with E-state index in [0.717, 1.165) is 0 Å². The Kier molecular flexibility index (Phi) is 6.00. The molecule has 13 heavy (non-hydrogen) atoms. The molecule has 0 aliphatic heterocycles. The summed E-state index contributed by atoms with van der Waals surface area (Å²) in [5.74, 6) is 0. The third-order valence-corrected chi connectivity index (χ3v) is 2.28. The molecule has 0 aromatic heterocycles. The topological polar surface area (TPSA) is 112 Å². The first-order valence-corrected chi connectivity index (χ1v) is 5.70. The van der Waals surface area contributed by atoms with Crippen molar-refractivity contribution in [3.05, 3.63) is 10.4 Å².